The SMILES string of the molecule is CC[C@@H]1CN([C@H](CC)C(=O)Nc2ccc(-n3ccnc3)nc2)CCO1. The van der Waals surface area contributed by atoms with Crippen LogP contribution < -0.4 is 5.32 Å². The Morgan fingerprint density at radius 3 is 2.96 bits per heavy atom. The predicted octanol–water partition coefficient (Wildman–Crippen LogP) is 2.10. The van der Waals surface area contributed by atoms with Crippen LogP contribution in [0.1, 0.15) is 26.7 Å². The van der Waals surface area contributed by atoms with Crippen molar-refractivity contribution in [2.45, 2.75) is 38.8 Å². The highest BCUT2D eigenvalue weighted by molar-refractivity contribution is 5.94. The summed E-state index contributed by atoms with van der Waals surface area (Å²) in [4.78, 5) is 23.3. The van der Waals surface area contributed by atoms with E-state index in [1.807, 2.05) is 29.8 Å². The highest BCUT2D eigenvalue weighted by atomic mass is 16.5. The number of rotatable bonds is 6. The first-order chi connectivity index (χ1) is 12.2. The largest absolute Gasteiger partial charge is 0.376 e. The van der Waals surface area contributed by atoms with E-state index in [0.29, 0.717) is 12.3 Å². The quantitative estimate of drug-likeness (QED) is 0.869. The second-order valence-corrected chi connectivity index (χ2v) is 6.18. The van der Waals surface area contributed by atoms with Gasteiger partial charge in [-0.25, -0.2) is 9.97 Å². The summed E-state index contributed by atoms with van der Waals surface area (Å²) in [6.07, 6.45) is 8.85. The lowest BCUT2D eigenvalue weighted by Gasteiger charge is -2.36. The van der Waals surface area contributed by atoms with E-state index in [1.165, 1.54) is 0 Å². The molecule has 3 rings (SSSR count). The maximum absolute atomic E-state index is 12.7. The normalized spacial score (nSPS) is 19.5. The summed E-state index contributed by atoms with van der Waals surface area (Å²) in [6, 6.07) is 3.58. The topological polar surface area (TPSA) is 72.3 Å². The third kappa shape index (κ3) is 4.24. The number of aromatic nitrogens is 3. The molecule has 2 aromatic heterocycles. The molecule has 1 fully saturated rings. The molecule has 25 heavy (non-hydrogen) atoms. The molecular formula is C18H25N5O2. The molecule has 7 nitrogen and oxygen atoms in total. The number of morpholine rings is 1. The molecule has 1 amide bonds. The van der Waals surface area contributed by atoms with E-state index in [1.54, 1.807) is 18.7 Å². The van der Waals surface area contributed by atoms with Gasteiger partial charge < -0.3 is 10.1 Å². The molecule has 1 saturated heterocycles. The standard InChI is InChI=1S/C18H25N5O2/c1-3-15-12-22(9-10-25-15)16(4-2)18(24)21-14-5-6-17(20-11-14)23-8-7-19-13-23/h5-8,11,13,15-16H,3-4,9-10,12H2,1-2H3,(H,21,24)/t15-,16-/m1/s1. The van der Waals surface area contributed by atoms with Gasteiger partial charge in [0.1, 0.15) is 12.1 Å². The molecule has 0 bridgehead atoms. The first kappa shape index (κ1) is 17.6. The van der Waals surface area contributed by atoms with Crippen molar-refractivity contribution in [2.24, 2.45) is 0 Å². The summed E-state index contributed by atoms with van der Waals surface area (Å²) in [7, 11) is 0. The van der Waals surface area contributed by atoms with Gasteiger partial charge in [-0.15, -0.1) is 0 Å². The van der Waals surface area contributed by atoms with Crippen molar-refractivity contribution in [3.8, 4) is 5.82 Å². The van der Waals surface area contributed by atoms with E-state index in [2.05, 4.69) is 27.1 Å². The molecule has 7 heteroatoms. The molecule has 1 aliphatic rings. The summed E-state index contributed by atoms with van der Waals surface area (Å²) in [5.74, 6) is 0.776. The zero-order valence-corrected chi connectivity index (χ0v) is 14.8. The van der Waals surface area contributed by atoms with Crippen molar-refractivity contribution in [3.63, 3.8) is 0 Å². The summed E-state index contributed by atoms with van der Waals surface area (Å²) >= 11 is 0. The molecule has 0 unspecified atom stereocenters. The van der Waals surface area contributed by atoms with Crippen LogP contribution in [-0.4, -0.2) is 57.2 Å². The van der Waals surface area contributed by atoms with Gasteiger partial charge in [-0.05, 0) is 25.0 Å². The molecule has 0 aromatic carbocycles. The monoisotopic (exact) mass is 343 g/mol. The highest BCUT2D eigenvalue weighted by Crippen LogP contribution is 2.16. The Bertz CT molecular complexity index is 671. The minimum absolute atomic E-state index is 0.0106. The number of ether oxygens (including phenoxy) is 1. The lowest BCUT2D eigenvalue weighted by Crippen LogP contribution is -2.51. The van der Waals surface area contributed by atoms with Crippen LogP contribution in [0.15, 0.2) is 37.1 Å². The number of nitrogens with one attached hydrogen (secondary N) is 1. The lowest BCUT2D eigenvalue weighted by molar-refractivity contribution is -0.125. The molecule has 0 spiro atoms. The van der Waals surface area contributed by atoms with Crippen molar-refractivity contribution in [1.29, 1.82) is 0 Å². The second-order valence-electron chi connectivity index (χ2n) is 6.18. The number of nitrogens with zero attached hydrogens (tertiary/aromatic N) is 4. The summed E-state index contributed by atoms with van der Waals surface area (Å²) in [5, 5.41) is 2.99. The summed E-state index contributed by atoms with van der Waals surface area (Å²) < 4.78 is 7.53. The second kappa shape index (κ2) is 8.22. The molecule has 1 N–H and O–H groups in total. The Hall–Kier alpha value is -2.25. The average Bonchev–Trinajstić information content (AvgIpc) is 3.18. The van der Waals surface area contributed by atoms with Crippen molar-refractivity contribution in [2.75, 3.05) is 25.0 Å². The number of amides is 1. The molecule has 0 radical (unpaired) electrons. The Kier molecular flexibility index (Phi) is 5.78. The third-order valence-corrected chi connectivity index (χ3v) is 4.54. The van der Waals surface area contributed by atoms with E-state index in [0.717, 1.165) is 31.7 Å². The van der Waals surface area contributed by atoms with E-state index in [4.69, 9.17) is 4.74 Å². The zero-order chi connectivity index (χ0) is 17.6. The smallest absolute Gasteiger partial charge is 0.241 e. The van der Waals surface area contributed by atoms with Crippen LogP contribution in [0.25, 0.3) is 5.82 Å². The molecule has 134 valence electrons. The van der Waals surface area contributed by atoms with E-state index >= 15 is 0 Å². The van der Waals surface area contributed by atoms with Gasteiger partial charge in [0, 0.05) is 25.5 Å². The molecule has 2 atom stereocenters. The van der Waals surface area contributed by atoms with Crippen molar-refractivity contribution in [3.05, 3.63) is 37.1 Å². The van der Waals surface area contributed by atoms with Gasteiger partial charge in [-0.1, -0.05) is 13.8 Å². The number of carbonyl (C=O) groups excluding carboxylic acids is 1. The molecule has 1 aliphatic heterocycles. The van der Waals surface area contributed by atoms with E-state index in [-0.39, 0.29) is 18.1 Å². The fourth-order valence-corrected chi connectivity index (χ4v) is 3.11. The molecule has 2 aromatic rings. The highest BCUT2D eigenvalue weighted by Gasteiger charge is 2.29. The number of anilines is 1. The van der Waals surface area contributed by atoms with Crippen molar-refractivity contribution in [1.82, 2.24) is 19.4 Å². The Morgan fingerprint density at radius 1 is 1.44 bits per heavy atom. The molecule has 0 aliphatic carbocycles. The minimum Gasteiger partial charge on any atom is -0.376 e. The number of carbonyl (C=O) groups is 1. The maximum Gasteiger partial charge on any atom is 0.241 e. The van der Waals surface area contributed by atoms with Crippen LogP contribution in [0.2, 0.25) is 0 Å². The van der Waals surface area contributed by atoms with Crippen LogP contribution in [0.3, 0.4) is 0 Å². The maximum atomic E-state index is 12.7. The number of pyridine rings is 1. The molecule has 3 heterocycles. The van der Waals surface area contributed by atoms with Crippen molar-refractivity contribution >= 4 is 11.6 Å². The number of imidazole rings is 1. The lowest BCUT2D eigenvalue weighted by atomic mass is 10.1. The summed E-state index contributed by atoms with van der Waals surface area (Å²) in [6.45, 7) is 6.44. The van der Waals surface area contributed by atoms with Crippen LogP contribution >= 0.6 is 0 Å². The van der Waals surface area contributed by atoms with Gasteiger partial charge in [0.25, 0.3) is 0 Å². The number of hydrogen-bond donors (Lipinski definition) is 1. The van der Waals surface area contributed by atoms with Gasteiger partial charge in [-0.2, -0.15) is 0 Å². The Balaban J connectivity index is 1.63. The van der Waals surface area contributed by atoms with Gasteiger partial charge in [-0.3, -0.25) is 14.3 Å². The van der Waals surface area contributed by atoms with Gasteiger partial charge >= 0.3 is 0 Å². The predicted molar refractivity (Wildman–Crippen MR) is 95.7 cm³/mol. The van der Waals surface area contributed by atoms with Crippen LogP contribution in [-0.2, 0) is 9.53 Å². The van der Waals surface area contributed by atoms with Crippen LogP contribution in [0.4, 0.5) is 5.69 Å². The third-order valence-electron chi connectivity index (χ3n) is 4.54. The fraction of sp³-hybridized carbons (Fsp3) is 0.500. The Morgan fingerprint density at radius 2 is 2.32 bits per heavy atom. The van der Waals surface area contributed by atoms with E-state index in [9.17, 15) is 4.79 Å². The van der Waals surface area contributed by atoms with Gasteiger partial charge in [0.15, 0.2) is 0 Å². The van der Waals surface area contributed by atoms with E-state index < -0.39 is 0 Å². The fourth-order valence-electron chi connectivity index (χ4n) is 3.11. The zero-order valence-electron chi connectivity index (χ0n) is 14.8. The molecule has 0 saturated carbocycles. The Labute approximate surface area is 148 Å². The number of hydrogen-bond acceptors (Lipinski definition) is 5. The van der Waals surface area contributed by atoms with Crippen LogP contribution in [0, 0.1) is 0 Å². The van der Waals surface area contributed by atoms with Gasteiger partial charge in [0.05, 0.1) is 30.6 Å². The molecular weight excluding hydrogens is 318 g/mol. The summed E-state index contributed by atoms with van der Waals surface area (Å²) in [5.41, 5.74) is 0.701. The first-order valence-corrected chi connectivity index (χ1v) is 8.82. The average molecular weight is 343 g/mol. The van der Waals surface area contributed by atoms with Gasteiger partial charge in [0.2, 0.25) is 5.91 Å². The van der Waals surface area contributed by atoms with Crippen molar-refractivity contribution < 1.29 is 9.53 Å². The van der Waals surface area contributed by atoms with Crippen LogP contribution in [0.5, 0.6) is 0 Å². The first-order valence-electron chi connectivity index (χ1n) is 8.82. The minimum atomic E-state index is -0.147.